The number of fused-ring (bicyclic) bond motifs is 2. The lowest BCUT2D eigenvalue weighted by Gasteiger charge is -2.26. The molecule has 6 heteroatoms. The van der Waals surface area contributed by atoms with E-state index in [9.17, 15) is 4.79 Å². The van der Waals surface area contributed by atoms with Gasteiger partial charge in [-0.2, -0.15) is 5.26 Å². The van der Waals surface area contributed by atoms with Crippen molar-refractivity contribution in [2.75, 3.05) is 31.6 Å². The predicted octanol–water partition coefficient (Wildman–Crippen LogP) is 2.94. The van der Waals surface area contributed by atoms with Crippen LogP contribution in [-0.2, 0) is 17.7 Å². The molecule has 1 unspecified atom stereocenters. The van der Waals surface area contributed by atoms with Crippen molar-refractivity contribution >= 4 is 16.6 Å². The minimum absolute atomic E-state index is 0.0671. The predicted molar refractivity (Wildman–Crippen MR) is 112 cm³/mol. The Morgan fingerprint density at radius 2 is 2.00 bits per heavy atom. The van der Waals surface area contributed by atoms with Crippen molar-refractivity contribution in [3.8, 4) is 6.07 Å². The molecule has 2 aliphatic rings. The molecule has 0 amide bonds. The van der Waals surface area contributed by atoms with Crippen LogP contribution in [0.15, 0.2) is 47.3 Å². The second-order valence-corrected chi connectivity index (χ2v) is 7.75. The molecule has 0 spiro atoms. The molecule has 0 aliphatic carbocycles. The van der Waals surface area contributed by atoms with E-state index < -0.39 is 0 Å². The smallest absolute Gasteiger partial charge is 0.253 e. The molecule has 1 fully saturated rings. The molecule has 1 saturated heterocycles. The van der Waals surface area contributed by atoms with E-state index in [1.54, 1.807) is 12.1 Å². The van der Waals surface area contributed by atoms with Gasteiger partial charge >= 0.3 is 0 Å². The molecule has 2 aliphatic heterocycles. The number of nitrogens with one attached hydrogen (secondary N) is 2. The number of hydrogen-bond acceptors (Lipinski definition) is 5. The van der Waals surface area contributed by atoms with E-state index in [4.69, 9.17) is 10.00 Å². The number of hydrogen-bond donors (Lipinski definition) is 2. The highest BCUT2D eigenvalue weighted by Crippen LogP contribution is 2.34. The Bertz CT molecular complexity index is 1170. The van der Waals surface area contributed by atoms with Crippen LogP contribution in [0, 0.1) is 11.3 Å². The monoisotopic (exact) mass is 386 g/mol. The highest BCUT2D eigenvalue weighted by atomic mass is 16.5. The summed E-state index contributed by atoms with van der Waals surface area (Å²) in [5.41, 5.74) is 5.59. The molecule has 29 heavy (non-hydrogen) atoms. The average molecular weight is 386 g/mol. The van der Waals surface area contributed by atoms with Gasteiger partial charge in [-0.1, -0.05) is 12.1 Å². The topological polar surface area (TPSA) is 81.2 Å². The molecule has 1 aromatic heterocycles. The fraction of sp³-hybridized carbons (Fsp3) is 0.304. The van der Waals surface area contributed by atoms with Crippen LogP contribution in [0.25, 0.3) is 10.9 Å². The van der Waals surface area contributed by atoms with E-state index in [2.05, 4.69) is 39.5 Å². The van der Waals surface area contributed by atoms with E-state index in [0.717, 1.165) is 55.9 Å². The number of H-pyrrole nitrogens is 1. The third-order valence-electron chi connectivity index (χ3n) is 5.81. The highest BCUT2D eigenvalue weighted by Gasteiger charge is 2.25. The summed E-state index contributed by atoms with van der Waals surface area (Å²) >= 11 is 0. The average Bonchev–Trinajstić information content (AvgIpc) is 3.17. The summed E-state index contributed by atoms with van der Waals surface area (Å²) in [5, 5.41) is 13.5. The largest absolute Gasteiger partial charge is 0.379 e. The molecule has 0 saturated carbocycles. The van der Waals surface area contributed by atoms with E-state index in [0.29, 0.717) is 11.1 Å². The maximum Gasteiger partial charge on any atom is 0.253 e. The third-order valence-corrected chi connectivity index (χ3v) is 5.81. The number of benzene rings is 2. The lowest BCUT2D eigenvalue weighted by molar-refractivity contribution is 0.0342. The van der Waals surface area contributed by atoms with Crippen molar-refractivity contribution in [2.24, 2.45) is 0 Å². The Hall–Kier alpha value is -3.14. The summed E-state index contributed by atoms with van der Waals surface area (Å²) in [6, 6.07) is 15.9. The fourth-order valence-corrected chi connectivity index (χ4v) is 4.27. The van der Waals surface area contributed by atoms with Gasteiger partial charge in [0, 0.05) is 36.4 Å². The zero-order valence-corrected chi connectivity index (χ0v) is 16.1. The summed E-state index contributed by atoms with van der Waals surface area (Å²) in [6.45, 7) is 4.46. The van der Waals surface area contributed by atoms with Gasteiger partial charge in [0.15, 0.2) is 0 Å². The first-order valence-corrected chi connectivity index (χ1v) is 9.95. The van der Waals surface area contributed by atoms with Gasteiger partial charge in [0.1, 0.15) is 0 Å². The Balaban J connectivity index is 1.40. The second kappa shape index (κ2) is 7.36. The van der Waals surface area contributed by atoms with Crippen LogP contribution in [0.1, 0.15) is 28.3 Å². The molecular weight excluding hydrogens is 364 g/mol. The second-order valence-electron chi connectivity index (χ2n) is 7.75. The van der Waals surface area contributed by atoms with Crippen LogP contribution in [0.2, 0.25) is 0 Å². The number of nitriles is 1. The molecular formula is C23H22N4O2. The molecule has 146 valence electrons. The van der Waals surface area contributed by atoms with E-state index in [-0.39, 0.29) is 11.6 Å². The van der Waals surface area contributed by atoms with E-state index in [1.165, 1.54) is 11.1 Å². The number of rotatable bonds is 3. The summed E-state index contributed by atoms with van der Waals surface area (Å²) in [4.78, 5) is 18.0. The number of ether oxygens (including phenoxy) is 1. The maximum atomic E-state index is 12.7. The Morgan fingerprint density at radius 3 is 2.83 bits per heavy atom. The van der Waals surface area contributed by atoms with Crippen molar-refractivity contribution in [3.63, 3.8) is 0 Å². The molecule has 0 bridgehead atoms. The third kappa shape index (κ3) is 3.51. The summed E-state index contributed by atoms with van der Waals surface area (Å²) in [6.07, 6.45) is 0.777. The number of pyridine rings is 1. The van der Waals surface area contributed by atoms with Crippen LogP contribution < -0.4 is 10.9 Å². The number of aromatic amines is 1. The van der Waals surface area contributed by atoms with Crippen LogP contribution >= 0.6 is 0 Å². The highest BCUT2D eigenvalue weighted by molar-refractivity contribution is 5.80. The van der Waals surface area contributed by atoms with Crippen LogP contribution in [-0.4, -0.2) is 36.2 Å². The SMILES string of the molecule is N#Cc1ccc2[nH]c(=O)c(C3Cc4cc(CN5CCOCC5)ccc4N3)cc2c1. The molecule has 3 aromatic rings. The molecule has 3 heterocycles. The zero-order chi connectivity index (χ0) is 19.8. The van der Waals surface area contributed by atoms with Gasteiger partial charge < -0.3 is 15.0 Å². The van der Waals surface area contributed by atoms with Gasteiger partial charge in [0.2, 0.25) is 0 Å². The van der Waals surface area contributed by atoms with Crippen LogP contribution in [0.3, 0.4) is 0 Å². The standard InChI is InChI=1S/C23H22N4O2/c24-13-15-1-3-21-17(9-15)11-19(23(28)26-21)22-12-18-10-16(2-4-20(18)25-22)14-27-5-7-29-8-6-27/h1-4,9-11,22,25H,5-8,12,14H2,(H,26,28). The first-order valence-electron chi connectivity index (χ1n) is 9.95. The maximum absolute atomic E-state index is 12.7. The molecule has 1 atom stereocenters. The van der Waals surface area contributed by atoms with Gasteiger partial charge in [-0.3, -0.25) is 9.69 Å². The number of nitrogens with zero attached hydrogens (tertiary/aromatic N) is 2. The Labute approximate surface area is 168 Å². The normalized spacial score (nSPS) is 18.9. The lowest BCUT2D eigenvalue weighted by Crippen LogP contribution is -2.35. The zero-order valence-electron chi connectivity index (χ0n) is 16.1. The quantitative estimate of drug-likeness (QED) is 0.723. The minimum Gasteiger partial charge on any atom is -0.379 e. The van der Waals surface area contributed by atoms with Gasteiger partial charge in [0.05, 0.1) is 30.9 Å². The lowest BCUT2D eigenvalue weighted by atomic mass is 10.0. The van der Waals surface area contributed by atoms with Crippen molar-refractivity contribution in [3.05, 3.63) is 75.1 Å². The number of aromatic nitrogens is 1. The number of morpholine rings is 1. The van der Waals surface area contributed by atoms with E-state index in [1.807, 2.05) is 12.1 Å². The van der Waals surface area contributed by atoms with Crippen LogP contribution in [0.5, 0.6) is 0 Å². The van der Waals surface area contributed by atoms with Crippen molar-refractivity contribution in [2.45, 2.75) is 19.0 Å². The Kier molecular flexibility index (Phi) is 4.55. The van der Waals surface area contributed by atoms with Crippen molar-refractivity contribution in [1.29, 1.82) is 5.26 Å². The summed E-state index contributed by atoms with van der Waals surface area (Å²) in [5.74, 6) is 0. The number of anilines is 1. The molecule has 0 radical (unpaired) electrons. The minimum atomic E-state index is -0.0824. The van der Waals surface area contributed by atoms with E-state index >= 15 is 0 Å². The molecule has 5 rings (SSSR count). The van der Waals surface area contributed by atoms with Crippen molar-refractivity contribution in [1.82, 2.24) is 9.88 Å². The summed E-state index contributed by atoms with van der Waals surface area (Å²) < 4.78 is 5.43. The van der Waals surface area contributed by atoms with Gasteiger partial charge in [-0.25, -0.2) is 0 Å². The fourth-order valence-electron chi connectivity index (χ4n) is 4.27. The van der Waals surface area contributed by atoms with Gasteiger partial charge in [0.25, 0.3) is 5.56 Å². The Morgan fingerprint density at radius 1 is 1.14 bits per heavy atom. The molecule has 6 nitrogen and oxygen atoms in total. The molecule has 2 aromatic carbocycles. The van der Waals surface area contributed by atoms with Gasteiger partial charge in [-0.15, -0.1) is 0 Å². The van der Waals surface area contributed by atoms with Crippen LogP contribution in [0.4, 0.5) is 5.69 Å². The first-order chi connectivity index (χ1) is 14.2. The molecule has 2 N–H and O–H groups in total. The first kappa shape index (κ1) is 17.9. The summed E-state index contributed by atoms with van der Waals surface area (Å²) in [7, 11) is 0. The van der Waals surface area contributed by atoms with Crippen molar-refractivity contribution < 1.29 is 4.74 Å². The van der Waals surface area contributed by atoms with Gasteiger partial charge in [-0.05, 0) is 53.3 Å².